The number of nitriles is 1. The second kappa shape index (κ2) is 9.91. The van der Waals surface area contributed by atoms with E-state index in [-0.39, 0.29) is 29.9 Å². The Labute approximate surface area is 229 Å². The molecule has 3 aliphatic heterocycles. The van der Waals surface area contributed by atoms with E-state index in [1.807, 2.05) is 60.7 Å². The molecule has 40 heavy (non-hydrogen) atoms. The Morgan fingerprint density at radius 3 is 2.60 bits per heavy atom. The van der Waals surface area contributed by atoms with Gasteiger partial charge in [0.05, 0.1) is 47.9 Å². The molecule has 1 amide bonds. The summed E-state index contributed by atoms with van der Waals surface area (Å²) in [4.78, 5) is 24.8. The third-order valence-corrected chi connectivity index (χ3v) is 7.40. The van der Waals surface area contributed by atoms with Crippen molar-refractivity contribution in [1.82, 2.24) is 15.2 Å². The topological polar surface area (TPSA) is 142 Å². The van der Waals surface area contributed by atoms with Crippen LogP contribution in [0.5, 0.6) is 0 Å². The number of carbonyl (C=O) groups is 1. The number of hydrogen-bond acceptors (Lipinski definition) is 10. The molecule has 0 saturated carbocycles. The van der Waals surface area contributed by atoms with Crippen LogP contribution in [-0.4, -0.2) is 58.3 Å². The van der Waals surface area contributed by atoms with Crippen molar-refractivity contribution in [3.8, 4) is 17.7 Å². The van der Waals surface area contributed by atoms with Crippen LogP contribution in [0.15, 0.2) is 76.3 Å². The number of aliphatic imine (C=N–C) groups is 1. The van der Waals surface area contributed by atoms with Gasteiger partial charge in [-0.2, -0.15) is 5.26 Å². The minimum atomic E-state index is -1.03. The lowest BCUT2D eigenvalue weighted by Gasteiger charge is -2.37. The molecule has 0 aliphatic carbocycles. The summed E-state index contributed by atoms with van der Waals surface area (Å²) in [7, 11) is 0. The molecule has 2 bridgehead atoms. The number of ether oxygens (including phenoxy) is 1. The van der Waals surface area contributed by atoms with Crippen molar-refractivity contribution < 1.29 is 13.9 Å². The van der Waals surface area contributed by atoms with Crippen LogP contribution in [0.3, 0.4) is 0 Å². The number of amides is 1. The third kappa shape index (κ3) is 4.24. The van der Waals surface area contributed by atoms with Crippen LogP contribution in [0.1, 0.15) is 29.5 Å². The zero-order chi connectivity index (χ0) is 27.1. The maximum atomic E-state index is 13.2. The van der Waals surface area contributed by atoms with Crippen molar-refractivity contribution >= 4 is 29.0 Å². The van der Waals surface area contributed by atoms with E-state index in [0.29, 0.717) is 35.9 Å². The fourth-order valence-electron chi connectivity index (χ4n) is 5.57. The maximum Gasteiger partial charge on any atom is 0.317 e. The number of benzene rings is 2. The van der Waals surface area contributed by atoms with E-state index in [9.17, 15) is 10.1 Å². The summed E-state index contributed by atoms with van der Waals surface area (Å²) in [5.41, 5.74) is 4.68. The molecule has 4 aromatic rings. The van der Waals surface area contributed by atoms with Crippen molar-refractivity contribution in [2.24, 2.45) is 4.99 Å². The molecule has 7 rings (SSSR count). The maximum absolute atomic E-state index is 13.2. The lowest BCUT2D eigenvalue weighted by molar-refractivity contribution is -0.116. The van der Waals surface area contributed by atoms with Crippen molar-refractivity contribution in [1.29, 1.82) is 5.26 Å². The van der Waals surface area contributed by atoms with E-state index in [4.69, 9.17) is 14.1 Å². The smallest absolute Gasteiger partial charge is 0.317 e. The average molecular weight is 533 g/mol. The Morgan fingerprint density at radius 2 is 1.80 bits per heavy atom. The Kier molecular flexibility index (Phi) is 5.94. The van der Waals surface area contributed by atoms with Crippen LogP contribution in [0.25, 0.3) is 11.6 Å². The number of aromatic nitrogens is 3. The second-order valence-corrected chi connectivity index (χ2v) is 9.87. The van der Waals surface area contributed by atoms with Crippen LogP contribution in [0.4, 0.5) is 17.4 Å². The van der Waals surface area contributed by atoms with E-state index in [0.717, 1.165) is 29.7 Å². The monoisotopic (exact) mass is 532 g/mol. The van der Waals surface area contributed by atoms with Gasteiger partial charge in [0.1, 0.15) is 6.07 Å². The first-order valence-electron chi connectivity index (χ1n) is 13.1. The van der Waals surface area contributed by atoms with Gasteiger partial charge in [0.25, 0.3) is 11.8 Å². The molecule has 5 heterocycles. The van der Waals surface area contributed by atoms with E-state index in [2.05, 4.69) is 36.8 Å². The Hall–Kier alpha value is -5.08. The van der Waals surface area contributed by atoms with Crippen molar-refractivity contribution in [3.05, 3.63) is 83.6 Å². The SMILES string of the molecule is N#Cc1cnc(-c2nnc(N[C@H]3N=C(c4ccccc4)c4ccccc4NC3=O)o2)c(N2C3CCC2COC3)c1. The number of morpholine rings is 1. The van der Waals surface area contributed by atoms with Crippen LogP contribution < -0.4 is 15.5 Å². The molecule has 0 radical (unpaired) electrons. The Morgan fingerprint density at radius 1 is 1.02 bits per heavy atom. The molecule has 0 spiro atoms. The molecule has 198 valence electrons. The number of nitrogens with zero attached hydrogens (tertiary/aromatic N) is 6. The van der Waals surface area contributed by atoms with Gasteiger partial charge in [0.2, 0.25) is 6.17 Å². The molecule has 2 N–H and O–H groups in total. The highest BCUT2D eigenvalue weighted by Gasteiger charge is 2.39. The number of benzodiazepines with no additional fused rings is 1. The van der Waals surface area contributed by atoms with E-state index in [1.165, 1.54) is 6.20 Å². The summed E-state index contributed by atoms with van der Waals surface area (Å²) < 4.78 is 11.7. The van der Waals surface area contributed by atoms with Crippen LogP contribution in [0, 0.1) is 11.3 Å². The molecular formula is C29H24N8O3. The van der Waals surface area contributed by atoms with Crippen molar-refractivity contribution in [3.63, 3.8) is 0 Å². The molecule has 2 fully saturated rings. The van der Waals surface area contributed by atoms with Gasteiger partial charge in [-0.1, -0.05) is 53.6 Å². The molecule has 3 atom stereocenters. The first-order valence-corrected chi connectivity index (χ1v) is 13.1. The largest absolute Gasteiger partial charge is 0.402 e. The fourth-order valence-corrected chi connectivity index (χ4v) is 5.57. The number of fused-ring (bicyclic) bond motifs is 3. The van der Waals surface area contributed by atoms with Crippen LogP contribution in [-0.2, 0) is 9.53 Å². The van der Waals surface area contributed by atoms with Gasteiger partial charge in [-0.25, -0.2) is 9.98 Å². The van der Waals surface area contributed by atoms with Gasteiger partial charge in [-0.15, -0.1) is 5.10 Å². The lowest BCUT2D eigenvalue weighted by atomic mass is 10.0. The minimum absolute atomic E-state index is 0.0272. The predicted molar refractivity (Wildman–Crippen MR) is 147 cm³/mol. The normalized spacial score (nSPS) is 21.6. The van der Waals surface area contributed by atoms with Gasteiger partial charge < -0.3 is 24.7 Å². The van der Waals surface area contributed by atoms with E-state index in [1.54, 1.807) is 0 Å². The number of hydrogen-bond donors (Lipinski definition) is 2. The summed E-state index contributed by atoms with van der Waals surface area (Å²) in [5.74, 6) is -0.183. The number of anilines is 3. The molecule has 2 aromatic heterocycles. The summed E-state index contributed by atoms with van der Waals surface area (Å²) in [6, 6.07) is 21.6. The highest BCUT2D eigenvalue weighted by atomic mass is 16.5. The molecule has 3 aliphatic rings. The van der Waals surface area contributed by atoms with Crippen molar-refractivity contribution in [2.75, 3.05) is 28.7 Å². The van der Waals surface area contributed by atoms with Crippen LogP contribution >= 0.6 is 0 Å². The highest BCUT2D eigenvalue weighted by molar-refractivity contribution is 6.19. The number of pyridine rings is 1. The average Bonchev–Trinajstić information content (AvgIpc) is 3.51. The lowest BCUT2D eigenvalue weighted by Crippen LogP contribution is -2.46. The molecule has 11 heteroatoms. The molecular weight excluding hydrogens is 508 g/mol. The molecule has 2 saturated heterocycles. The fraction of sp³-hybridized carbons (Fsp3) is 0.241. The zero-order valence-electron chi connectivity index (χ0n) is 21.3. The molecule has 2 unspecified atom stereocenters. The summed E-state index contributed by atoms with van der Waals surface area (Å²) >= 11 is 0. The van der Waals surface area contributed by atoms with Gasteiger partial charge in [0, 0.05) is 17.3 Å². The quantitative estimate of drug-likeness (QED) is 0.394. The van der Waals surface area contributed by atoms with Crippen molar-refractivity contribution in [2.45, 2.75) is 31.1 Å². The van der Waals surface area contributed by atoms with Gasteiger partial charge >= 0.3 is 6.01 Å². The van der Waals surface area contributed by atoms with Gasteiger partial charge in [0.15, 0.2) is 5.69 Å². The first-order chi connectivity index (χ1) is 19.7. The van der Waals surface area contributed by atoms with E-state index >= 15 is 0 Å². The number of nitrogens with one attached hydrogen (secondary N) is 2. The summed E-state index contributed by atoms with van der Waals surface area (Å²) in [5, 5.41) is 23.9. The Bertz CT molecular complexity index is 1650. The highest BCUT2D eigenvalue weighted by Crippen LogP contribution is 2.39. The third-order valence-electron chi connectivity index (χ3n) is 7.40. The van der Waals surface area contributed by atoms with Crippen LogP contribution in [0.2, 0.25) is 0 Å². The predicted octanol–water partition coefficient (Wildman–Crippen LogP) is 3.60. The molecule has 11 nitrogen and oxygen atoms in total. The number of para-hydroxylation sites is 1. The first kappa shape index (κ1) is 24.0. The van der Waals surface area contributed by atoms with Gasteiger partial charge in [-0.05, 0) is 25.0 Å². The standard InChI is InChI=1S/C29H24N8O3/c30-13-17-12-23(37-19-10-11-20(37)16-39-15-19)25(31-14-17)28-35-36-29(40-28)34-26-27(38)32-22-9-5-4-8-21(22)24(33-26)18-6-2-1-3-7-18/h1-9,12,14,19-20,26H,10-11,15-16H2,(H,32,38)(H,34,36)/t19?,20?,26-/m1/s1. The second-order valence-electron chi connectivity index (χ2n) is 9.87. The van der Waals surface area contributed by atoms with E-state index < -0.39 is 6.17 Å². The number of carbonyl (C=O) groups excluding carboxylic acids is 1. The number of rotatable bonds is 5. The molecule has 2 aromatic carbocycles. The summed E-state index contributed by atoms with van der Waals surface area (Å²) in [6.07, 6.45) is 2.46. The zero-order valence-corrected chi connectivity index (χ0v) is 21.3. The minimum Gasteiger partial charge on any atom is -0.402 e. The summed E-state index contributed by atoms with van der Waals surface area (Å²) in [6.45, 7) is 1.23. The Balaban J connectivity index is 1.23. The van der Waals surface area contributed by atoms with Gasteiger partial charge in [-0.3, -0.25) is 4.79 Å².